The van der Waals surface area contributed by atoms with Crippen LogP contribution < -0.4 is 4.74 Å². The van der Waals surface area contributed by atoms with Gasteiger partial charge in [-0.05, 0) is 30.4 Å². The number of para-hydroxylation sites is 1. The number of rotatable bonds is 6. The Hall–Kier alpha value is -0.500. The van der Waals surface area contributed by atoms with E-state index in [-0.39, 0.29) is 0 Å². The molecule has 0 saturated heterocycles. The van der Waals surface area contributed by atoms with E-state index in [1.165, 1.54) is 5.56 Å². The van der Waals surface area contributed by atoms with E-state index in [9.17, 15) is 0 Å². The summed E-state index contributed by atoms with van der Waals surface area (Å²) in [6.07, 6.45) is 2.20. The maximum atomic E-state index is 5.77. The summed E-state index contributed by atoms with van der Waals surface area (Å²) in [7, 11) is 0. The molecule has 0 heterocycles. The Bertz CT molecular complexity index is 286. The van der Waals surface area contributed by atoms with Crippen LogP contribution in [0.1, 0.15) is 38.2 Å². The Kier molecular flexibility index (Phi) is 5.77. The molecule has 0 aromatic heterocycles. The van der Waals surface area contributed by atoms with Crippen molar-refractivity contribution in [2.75, 3.05) is 11.9 Å². The summed E-state index contributed by atoms with van der Waals surface area (Å²) >= 11 is 3.40. The molecule has 1 aromatic carbocycles. The van der Waals surface area contributed by atoms with Gasteiger partial charge in [-0.15, -0.1) is 0 Å². The number of ether oxygens (including phenoxy) is 1. The van der Waals surface area contributed by atoms with Gasteiger partial charge in [-0.2, -0.15) is 0 Å². The number of hydrogen-bond donors (Lipinski definition) is 0. The SMILES string of the molecule is CCC(C)c1ccccc1OCCCBr. The summed E-state index contributed by atoms with van der Waals surface area (Å²) < 4.78 is 5.77. The average Bonchev–Trinajstić information content (AvgIpc) is 2.29. The van der Waals surface area contributed by atoms with Crippen LogP contribution in [0.15, 0.2) is 24.3 Å². The Morgan fingerprint density at radius 1 is 1.33 bits per heavy atom. The van der Waals surface area contributed by atoms with E-state index < -0.39 is 0 Å². The summed E-state index contributed by atoms with van der Waals surface area (Å²) in [5.74, 6) is 1.62. The summed E-state index contributed by atoms with van der Waals surface area (Å²) in [6.45, 7) is 5.24. The van der Waals surface area contributed by atoms with Crippen LogP contribution in [0.5, 0.6) is 5.75 Å². The largest absolute Gasteiger partial charge is 0.493 e. The lowest BCUT2D eigenvalue weighted by molar-refractivity contribution is 0.314. The van der Waals surface area contributed by atoms with E-state index in [1.54, 1.807) is 0 Å². The van der Waals surface area contributed by atoms with Crippen molar-refractivity contribution in [3.05, 3.63) is 29.8 Å². The maximum absolute atomic E-state index is 5.77. The van der Waals surface area contributed by atoms with Crippen LogP contribution in [0.4, 0.5) is 0 Å². The predicted octanol–water partition coefficient (Wildman–Crippen LogP) is 4.36. The molecule has 1 rings (SSSR count). The van der Waals surface area contributed by atoms with Crippen molar-refractivity contribution in [2.24, 2.45) is 0 Å². The number of benzene rings is 1. The van der Waals surface area contributed by atoms with Crippen molar-refractivity contribution in [1.82, 2.24) is 0 Å². The molecular formula is C13H19BrO. The molecule has 0 aliphatic carbocycles. The molecule has 0 bridgehead atoms. The fourth-order valence-electron chi connectivity index (χ4n) is 1.48. The van der Waals surface area contributed by atoms with Crippen LogP contribution in [0, 0.1) is 0 Å². The molecule has 0 radical (unpaired) electrons. The fraction of sp³-hybridized carbons (Fsp3) is 0.538. The first-order chi connectivity index (χ1) is 7.29. The van der Waals surface area contributed by atoms with Crippen LogP contribution in [0.25, 0.3) is 0 Å². The van der Waals surface area contributed by atoms with Crippen LogP contribution in [0.2, 0.25) is 0 Å². The minimum atomic E-state index is 0.574. The first-order valence-electron chi connectivity index (χ1n) is 5.57. The van der Waals surface area contributed by atoms with Gasteiger partial charge in [-0.3, -0.25) is 0 Å². The van der Waals surface area contributed by atoms with E-state index in [0.29, 0.717) is 5.92 Å². The molecule has 0 spiro atoms. The molecule has 0 aliphatic rings. The highest BCUT2D eigenvalue weighted by molar-refractivity contribution is 9.09. The van der Waals surface area contributed by atoms with Crippen LogP contribution >= 0.6 is 15.9 Å². The zero-order chi connectivity index (χ0) is 11.1. The molecule has 15 heavy (non-hydrogen) atoms. The Balaban J connectivity index is 2.68. The first-order valence-corrected chi connectivity index (χ1v) is 6.69. The van der Waals surface area contributed by atoms with Crippen LogP contribution in [0.3, 0.4) is 0 Å². The molecule has 84 valence electrons. The predicted molar refractivity (Wildman–Crippen MR) is 69.1 cm³/mol. The van der Waals surface area contributed by atoms with Gasteiger partial charge in [0.1, 0.15) is 5.75 Å². The Labute approximate surface area is 101 Å². The molecule has 1 nitrogen and oxygen atoms in total. The third kappa shape index (κ3) is 3.86. The van der Waals surface area contributed by atoms with E-state index in [1.807, 2.05) is 6.07 Å². The summed E-state index contributed by atoms with van der Waals surface area (Å²) in [5, 5.41) is 0.999. The third-order valence-electron chi connectivity index (χ3n) is 2.60. The monoisotopic (exact) mass is 270 g/mol. The summed E-state index contributed by atoms with van der Waals surface area (Å²) in [5.41, 5.74) is 1.33. The van der Waals surface area contributed by atoms with Crippen molar-refractivity contribution in [2.45, 2.75) is 32.6 Å². The second-order valence-corrected chi connectivity index (χ2v) is 4.53. The summed E-state index contributed by atoms with van der Waals surface area (Å²) in [4.78, 5) is 0. The van der Waals surface area contributed by atoms with Gasteiger partial charge in [0, 0.05) is 5.33 Å². The molecule has 0 saturated carbocycles. The van der Waals surface area contributed by atoms with Crippen LogP contribution in [-0.2, 0) is 0 Å². The van der Waals surface area contributed by atoms with Gasteiger partial charge >= 0.3 is 0 Å². The van der Waals surface area contributed by atoms with Gasteiger partial charge in [0.05, 0.1) is 6.61 Å². The van der Waals surface area contributed by atoms with Crippen molar-refractivity contribution < 1.29 is 4.74 Å². The van der Waals surface area contributed by atoms with E-state index in [0.717, 1.165) is 30.5 Å². The highest BCUT2D eigenvalue weighted by Gasteiger charge is 2.08. The Morgan fingerprint density at radius 3 is 2.73 bits per heavy atom. The number of halogens is 1. The second kappa shape index (κ2) is 6.89. The van der Waals surface area contributed by atoms with Crippen molar-refractivity contribution in [1.29, 1.82) is 0 Å². The normalized spacial score (nSPS) is 12.5. The zero-order valence-corrected chi connectivity index (χ0v) is 11.1. The minimum absolute atomic E-state index is 0.574. The molecular weight excluding hydrogens is 252 g/mol. The van der Waals surface area contributed by atoms with Crippen LogP contribution in [-0.4, -0.2) is 11.9 Å². The third-order valence-corrected chi connectivity index (χ3v) is 3.16. The molecule has 0 aliphatic heterocycles. The Morgan fingerprint density at radius 2 is 2.07 bits per heavy atom. The standard InChI is InChI=1S/C13H19BrO/c1-3-11(2)12-7-4-5-8-13(12)15-10-6-9-14/h4-5,7-8,11H,3,6,9-10H2,1-2H3. The van der Waals surface area contributed by atoms with Gasteiger partial charge in [-0.1, -0.05) is 48.0 Å². The van der Waals surface area contributed by atoms with Gasteiger partial charge in [0.25, 0.3) is 0 Å². The lowest BCUT2D eigenvalue weighted by Gasteiger charge is -2.15. The number of hydrogen-bond acceptors (Lipinski definition) is 1. The molecule has 0 N–H and O–H groups in total. The lowest BCUT2D eigenvalue weighted by Crippen LogP contribution is -2.02. The van der Waals surface area contributed by atoms with Gasteiger partial charge < -0.3 is 4.74 Å². The van der Waals surface area contributed by atoms with Gasteiger partial charge in [0.2, 0.25) is 0 Å². The van der Waals surface area contributed by atoms with E-state index >= 15 is 0 Å². The highest BCUT2D eigenvalue weighted by atomic mass is 79.9. The topological polar surface area (TPSA) is 9.23 Å². The lowest BCUT2D eigenvalue weighted by atomic mass is 9.98. The van der Waals surface area contributed by atoms with Crippen molar-refractivity contribution >= 4 is 15.9 Å². The highest BCUT2D eigenvalue weighted by Crippen LogP contribution is 2.28. The smallest absolute Gasteiger partial charge is 0.122 e. The fourth-order valence-corrected chi connectivity index (χ4v) is 1.70. The molecule has 1 unspecified atom stereocenters. The van der Waals surface area contributed by atoms with Gasteiger partial charge in [0.15, 0.2) is 0 Å². The zero-order valence-electron chi connectivity index (χ0n) is 9.50. The molecule has 1 atom stereocenters. The first kappa shape index (κ1) is 12.6. The van der Waals surface area contributed by atoms with Crippen molar-refractivity contribution in [3.63, 3.8) is 0 Å². The quantitative estimate of drug-likeness (QED) is 0.551. The second-order valence-electron chi connectivity index (χ2n) is 3.74. The summed E-state index contributed by atoms with van der Waals surface area (Å²) in [6, 6.07) is 8.35. The molecule has 0 amide bonds. The molecule has 0 fully saturated rings. The number of alkyl halides is 1. The average molecular weight is 271 g/mol. The minimum Gasteiger partial charge on any atom is -0.493 e. The maximum Gasteiger partial charge on any atom is 0.122 e. The van der Waals surface area contributed by atoms with E-state index in [2.05, 4.69) is 48.0 Å². The molecule has 1 aromatic rings. The van der Waals surface area contributed by atoms with E-state index in [4.69, 9.17) is 4.74 Å². The van der Waals surface area contributed by atoms with Gasteiger partial charge in [-0.25, -0.2) is 0 Å². The molecule has 2 heteroatoms. The van der Waals surface area contributed by atoms with Crippen molar-refractivity contribution in [3.8, 4) is 5.75 Å².